The van der Waals surface area contributed by atoms with Crippen molar-refractivity contribution in [3.05, 3.63) is 0 Å². The van der Waals surface area contributed by atoms with Crippen molar-refractivity contribution in [2.75, 3.05) is 34.0 Å². The molecular weight excluding hydrogens is 182 g/mol. The molecule has 0 amide bonds. The lowest BCUT2D eigenvalue weighted by Gasteiger charge is -2.19. The Morgan fingerprint density at radius 3 is 2.43 bits per heavy atom. The number of ether oxygens (including phenoxy) is 2. The molecule has 0 saturated heterocycles. The van der Waals surface area contributed by atoms with Crippen LogP contribution in [0.5, 0.6) is 0 Å². The third kappa shape index (κ3) is 4.37. The lowest BCUT2D eigenvalue weighted by atomic mass is 10.2. The van der Waals surface area contributed by atoms with E-state index in [0.29, 0.717) is 19.2 Å². The molecule has 2 atom stereocenters. The van der Waals surface area contributed by atoms with Crippen molar-refractivity contribution in [3.8, 4) is 0 Å². The average molecular weight is 203 g/mol. The first kappa shape index (κ1) is 11.9. The minimum Gasteiger partial charge on any atom is -0.389 e. The van der Waals surface area contributed by atoms with Gasteiger partial charge in [0.15, 0.2) is 0 Å². The number of aliphatic hydroxyl groups is 1. The van der Waals surface area contributed by atoms with Gasteiger partial charge in [-0.25, -0.2) is 0 Å². The van der Waals surface area contributed by atoms with Crippen LogP contribution in [-0.2, 0) is 9.47 Å². The molecule has 1 fully saturated rings. The maximum Gasteiger partial charge on any atom is 0.0897 e. The van der Waals surface area contributed by atoms with Gasteiger partial charge in [0.2, 0.25) is 0 Å². The fourth-order valence-corrected chi connectivity index (χ4v) is 1.58. The van der Waals surface area contributed by atoms with E-state index in [2.05, 4.69) is 5.32 Å². The Balaban J connectivity index is 2.12. The number of aliphatic hydroxyl groups excluding tert-OH is 1. The van der Waals surface area contributed by atoms with Crippen LogP contribution in [0.4, 0.5) is 0 Å². The summed E-state index contributed by atoms with van der Waals surface area (Å²) in [6.45, 7) is 1.69. The smallest absolute Gasteiger partial charge is 0.0897 e. The second-order valence-electron chi connectivity index (χ2n) is 3.92. The first-order valence-electron chi connectivity index (χ1n) is 5.17. The maximum atomic E-state index is 9.44. The third-order valence-electron chi connectivity index (χ3n) is 2.51. The minimum absolute atomic E-state index is 0.386. The number of methoxy groups -OCH3 is 2. The molecule has 1 saturated carbocycles. The fourth-order valence-electron chi connectivity index (χ4n) is 1.58. The zero-order valence-electron chi connectivity index (χ0n) is 9.03. The van der Waals surface area contributed by atoms with Crippen LogP contribution in [-0.4, -0.2) is 51.2 Å². The van der Waals surface area contributed by atoms with Gasteiger partial charge in [0.1, 0.15) is 0 Å². The lowest BCUT2D eigenvalue weighted by Crippen LogP contribution is -2.41. The quantitative estimate of drug-likeness (QED) is 0.583. The molecule has 0 heterocycles. The second-order valence-corrected chi connectivity index (χ2v) is 3.92. The highest BCUT2D eigenvalue weighted by Gasteiger charge is 2.30. The number of rotatable bonds is 8. The molecule has 1 aliphatic carbocycles. The summed E-state index contributed by atoms with van der Waals surface area (Å²) in [7, 11) is 3.30. The lowest BCUT2D eigenvalue weighted by molar-refractivity contribution is 0.0582. The van der Waals surface area contributed by atoms with E-state index in [-0.39, 0.29) is 0 Å². The van der Waals surface area contributed by atoms with E-state index >= 15 is 0 Å². The van der Waals surface area contributed by atoms with Crippen LogP contribution in [0.3, 0.4) is 0 Å². The van der Waals surface area contributed by atoms with Crippen LogP contribution in [0.1, 0.15) is 12.8 Å². The topological polar surface area (TPSA) is 50.7 Å². The SMILES string of the molecule is COCC(O)CNC(COC)C1CC1. The molecule has 4 nitrogen and oxygen atoms in total. The zero-order chi connectivity index (χ0) is 10.4. The Morgan fingerprint density at radius 2 is 1.93 bits per heavy atom. The Kier molecular flexibility index (Phi) is 5.40. The Hall–Kier alpha value is -0.160. The predicted octanol–water partition coefficient (Wildman–Crippen LogP) is 0.00830. The summed E-state index contributed by atoms with van der Waals surface area (Å²) in [6, 6.07) is 0.395. The molecule has 14 heavy (non-hydrogen) atoms. The van der Waals surface area contributed by atoms with Crippen molar-refractivity contribution in [2.24, 2.45) is 5.92 Å². The van der Waals surface area contributed by atoms with E-state index in [1.165, 1.54) is 12.8 Å². The van der Waals surface area contributed by atoms with Gasteiger partial charge in [-0.05, 0) is 18.8 Å². The monoisotopic (exact) mass is 203 g/mol. The second kappa shape index (κ2) is 6.35. The van der Waals surface area contributed by atoms with Gasteiger partial charge in [-0.1, -0.05) is 0 Å². The van der Waals surface area contributed by atoms with E-state index < -0.39 is 6.10 Å². The van der Waals surface area contributed by atoms with Gasteiger partial charge in [-0.2, -0.15) is 0 Å². The molecule has 0 aromatic carbocycles. The van der Waals surface area contributed by atoms with E-state index in [1.54, 1.807) is 14.2 Å². The van der Waals surface area contributed by atoms with Gasteiger partial charge in [0.05, 0.1) is 19.3 Å². The first-order valence-corrected chi connectivity index (χ1v) is 5.17. The Bertz CT molecular complexity index is 150. The molecule has 0 aromatic rings. The van der Waals surface area contributed by atoms with Crippen LogP contribution >= 0.6 is 0 Å². The Labute approximate surface area is 85.6 Å². The highest BCUT2D eigenvalue weighted by atomic mass is 16.5. The number of hydrogen-bond donors (Lipinski definition) is 2. The molecule has 2 unspecified atom stereocenters. The molecule has 0 aliphatic heterocycles. The van der Waals surface area contributed by atoms with Crippen LogP contribution in [0.2, 0.25) is 0 Å². The van der Waals surface area contributed by atoms with Gasteiger partial charge in [0.25, 0.3) is 0 Å². The van der Waals surface area contributed by atoms with Gasteiger partial charge < -0.3 is 19.9 Å². The summed E-state index contributed by atoms with van der Waals surface area (Å²) in [4.78, 5) is 0. The summed E-state index contributed by atoms with van der Waals surface area (Å²) in [6.07, 6.45) is 2.14. The molecule has 84 valence electrons. The summed E-state index contributed by atoms with van der Waals surface area (Å²) < 4.78 is 9.97. The van der Waals surface area contributed by atoms with Crippen molar-refractivity contribution in [1.82, 2.24) is 5.32 Å². The van der Waals surface area contributed by atoms with Crippen molar-refractivity contribution in [2.45, 2.75) is 25.0 Å². The normalized spacial score (nSPS) is 20.8. The van der Waals surface area contributed by atoms with Crippen LogP contribution in [0.15, 0.2) is 0 Å². The maximum absolute atomic E-state index is 9.44. The van der Waals surface area contributed by atoms with E-state index in [9.17, 15) is 5.11 Å². The molecule has 1 aliphatic rings. The molecule has 1 rings (SSSR count). The molecule has 0 radical (unpaired) electrons. The van der Waals surface area contributed by atoms with Crippen LogP contribution in [0, 0.1) is 5.92 Å². The summed E-state index contributed by atoms with van der Waals surface area (Å²) in [5.41, 5.74) is 0. The predicted molar refractivity (Wildman–Crippen MR) is 54.3 cm³/mol. The van der Waals surface area contributed by atoms with E-state index in [1.807, 2.05) is 0 Å². The van der Waals surface area contributed by atoms with E-state index in [0.717, 1.165) is 12.5 Å². The molecule has 0 aromatic heterocycles. The van der Waals surface area contributed by atoms with Gasteiger partial charge in [0, 0.05) is 26.8 Å². The summed E-state index contributed by atoms with van der Waals surface area (Å²) in [5.74, 6) is 0.740. The summed E-state index contributed by atoms with van der Waals surface area (Å²) >= 11 is 0. The van der Waals surface area contributed by atoms with E-state index in [4.69, 9.17) is 9.47 Å². The van der Waals surface area contributed by atoms with Gasteiger partial charge in [-0.3, -0.25) is 0 Å². The van der Waals surface area contributed by atoms with Crippen molar-refractivity contribution < 1.29 is 14.6 Å². The highest BCUT2D eigenvalue weighted by Crippen LogP contribution is 2.32. The number of hydrogen-bond acceptors (Lipinski definition) is 4. The van der Waals surface area contributed by atoms with Gasteiger partial charge in [-0.15, -0.1) is 0 Å². The zero-order valence-corrected chi connectivity index (χ0v) is 9.03. The van der Waals surface area contributed by atoms with Crippen molar-refractivity contribution in [1.29, 1.82) is 0 Å². The molecule has 0 spiro atoms. The highest BCUT2D eigenvalue weighted by molar-refractivity contribution is 4.86. The first-order chi connectivity index (χ1) is 6.77. The molecular formula is C10H21NO3. The van der Waals surface area contributed by atoms with Crippen LogP contribution < -0.4 is 5.32 Å². The summed E-state index contributed by atoms with van der Waals surface area (Å²) in [5, 5.41) is 12.8. The third-order valence-corrected chi connectivity index (χ3v) is 2.51. The molecule has 0 bridgehead atoms. The largest absolute Gasteiger partial charge is 0.389 e. The Morgan fingerprint density at radius 1 is 1.29 bits per heavy atom. The van der Waals surface area contributed by atoms with Crippen molar-refractivity contribution >= 4 is 0 Å². The standard InChI is InChI=1S/C10H21NO3/c1-13-6-9(12)5-11-10(7-14-2)8-3-4-8/h8-12H,3-7H2,1-2H3. The minimum atomic E-state index is -0.418. The fraction of sp³-hybridized carbons (Fsp3) is 1.00. The number of nitrogens with one attached hydrogen (secondary N) is 1. The van der Waals surface area contributed by atoms with Crippen LogP contribution in [0.25, 0.3) is 0 Å². The molecule has 4 heteroatoms. The van der Waals surface area contributed by atoms with Crippen molar-refractivity contribution in [3.63, 3.8) is 0 Å². The average Bonchev–Trinajstić information content (AvgIpc) is 2.96. The molecule has 2 N–H and O–H groups in total. The van der Waals surface area contributed by atoms with Gasteiger partial charge >= 0.3 is 0 Å².